The van der Waals surface area contributed by atoms with Gasteiger partial charge < -0.3 is 9.47 Å². The molecule has 1 aromatic carbocycles. The predicted octanol–water partition coefficient (Wildman–Crippen LogP) is 4.35. The van der Waals surface area contributed by atoms with Crippen LogP contribution < -0.4 is 9.47 Å². The lowest BCUT2D eigenvalue weighted by atomic mass is 9.70. The summed E-state index contributed by atoms with van der Waals surface area (Å²) in [5, 5.41) is 0. The zero-order chi connectivity index (χ0) is 15.4. The molecule has 0 spiro atoms. The summed E-state index contributed by atoms with van der Waals surface area (Å²) < 4.78 is 11.9. The smallest absolute Gasteiger partial charge is 0.144 e. The van der Waals surface area contributed by atoms with Gasteiger partial charge in [-0.15, -0.1) is 0 Å². The second kappa shape index (κ2) is 4.98. The molecule has 3 heteroatoms. The minimum atomic E-state index is 0.0797. The SMILES string of the molecule is COc1ccc2c(c1)O[C@H](c1ccccn1)[C@@H]1[C@H]3CC[C@H](C3)[C@H]21. The van der Waals surface area contributed by atoms with Crippen molar-refractivity contribution < 1.29 is 9.47 Å². The number of pyridine rings is 1. The van der Waals surface area contributed by atoms with Gasteiger partial charge >= 0.3 is 0 Å². The highest BCUT2D eigenvalue weighted by Gasteiger charge is 2.55. The molecule has 2 fully saturated rings. The van der Waals surface area contributed by atoms with Crippen LogP contribution in [0, 0.1) is 17.8 Å². The third kappa shape index (κ3) is 1.92. The first-order chi connectivity index (χ1) is 11.3. The first kappa shape index (κ1) is 13.4. The van der Waals surface area contributed by atoms with E-state index in [9.17, 15) is 0 Å². The molecule has 0 N–H and O–H groups in total. The zero-order valence-electron chi connectivity index (χ0n) is 13.3. The van der Waals surface area contributed by atoms with E-state index in [1.807, 2.05) is 18.3 Å². The summed E-state index contributed by atoms with van der Waals surface area (Å²) in [4.78, 5) is 4.61. The zero-order valence-corrected chi connectivity index (χ0v) is 13.3. The third-order valence-electron chi connectivity index (χ3n) is 6.14. The number of fused-ring (bicyclic) bond motifs is 7. The molecular formula is C20H21NO2. The summed E-state index contributed by atoms with van der Waals surface area (Å²) in [7, 11) is 1.71. The number of hydrogen-bond acceptors (Lipinski definition) is 3. The Bertz CT molecular complexity index is 730. The Kier molecular flexibility index (Phi) is 2.91. The molecule has 5 rings (SSSR count). The van der Waals surface area contributed by atoms with Gasteiger partial charge in [0.15, 0.2) is 0 Å². The Morgan fingerprint density at radius 2 is 2.04 bits per heavy atom. The van der Waals surface area contributed by atoms with Gasteiger partial charge in [0.25, 0.3) is 0 Å². The maximum atomic E-state index is 6.48. The van der Waals surface area contributed by atoms with Crippen molar-refractivity contribution in [2.24, 2.45) is 17.8 Å². The van der Waals surface area contributed by atoms with Crippen molar-refractivity contribution in [3.8, 4) is 11.5 Å². The highest BCUT2D eigenvalue weighted by atomic mass is 16.5. The second-order valence-electron chi connectivity index (χ2n) is 7.13. The van der Waals surface area contributed by atoms with Crippen LogP contribution in [0.3, 0.4) is 0 Å². The fraction of sp³-hybridized carbons (Fsp3) is 0.450. The first-order valence-electron chi connectivity index (χ1n) is 8.60. The number of hydrogen-bond donors (Lipinski definition) is 0. The summed E-state index contributed by atoms with van der Waals surface area (Å²) in [6, 6.07) is 12.5. The molecule has 2 aliphatic carbocycles. The third-order valence-corrected chi connectivity index (χ3v) is 6.14. The van der Waals surface area contributed by atoms with Gasteiger partial charge in [-0.3, -0.25) is 4.98 Å². The molecule has 0 amide bonds. The van der Waals surface area contributed by atoms with E-state index < -0.39 is 0 Å². The van der Waals surface area contributed by atoms with Crippen LogP contribution >= 0.6 is 0 Å². The minimum Gasteiger partial charge on any atom is -0.497 e. The van der Waals surface area contributed by atoms with Crippen LogP contribution in [-0.4, -0.2) is 12.1 Å². The monoisotopic (exact) mass is 307 g/mol. The van der Waals surface area contributed by atoms with Crippen molar-refractivity contribution in [1.82, 2.24) is 4.98 Å². The minimum absolute atomic E-state index is 0.0797. The van der Waals surface area contributed by atoms with Crippen LogP contribution in [0.25, 0.3) is 0 Å². The van der Waals surface area contributed by atoms with E-state index >= 15 is 0 Å². The van der Waals surface area contributed by atoms with E-state index in [2.05, 4.69) is 29.2 Å². The van der Waals surface area contributed by atoms with Crippen molar-refractivity contribution in [3.63, 3.8) is 0 Å². The quantitative estimate of drug-likeness (QED) is 0.826. The number of rotatable bonds is 2. The van der Waals surface area contributed by atoms with Gasteiger partial charge in [-0.1, -0.05) is 12.1 Å². The average molecular weight is 307 g/mol. The van der Waals surface area contributed by atoms with Gasteiger partial charge in [-0.2, -0.15) is 0 Å². The molecule has 2 bridgehead atoms. The molecule has 3 aliphatic rings. The van der Waals surface area contributed by atoms with E-state index in [1.54, 1.807) is 7.11 Å². The number of nitrogens with zero attached hydrogens (tertiary/aromatic N) is 1. The maximum absolute atomic E-state index is 6.48. The van der Waals surface area contributed by atoms with Crippen LogP contribution in [0.15, 0.2) is 42.6 Å². The van der Waals surface area contributed by atoms with Crippen LogP contribution in [0.2, 0.25) is 0 Å². The number of aromatic nitrogens is 1. The molecule has 1 aromatic heterocycles. The van der Waals surface area contributed by atoms with Crippen LogP contribution in [0.5, 0.6) is 11.5 Å². The predicted molar refractivity (Wildman–Crippen MR) is 87.7 cm³/mol. The summed E-state index contributed by atoms with van der Waals surface area (Å²) in [5.41, 5.74) is 2.46. The Morgan fingerprint density at radius 3 is 2.87 bits per heavy atom. The Labute approximate surface area is 136 Å². The summed E-state index contributed by atoms with van der Waals surface area (Å²) >= 11 is 0. The Hall–Kier alpha value is -2.03. The van der Waals surface area contributed by atoms with Gasteiger partial charge in [0.2, 0.25) is 0 Å². The molecule has 5 atom stereocenters. The Morgan fingerprint density at radius 1 is 1.13 bits per heavy atom. The van der Waals surface area contributed by atoms with Gasteiger partial charge in [0.1, 0.15) is 17.6 Å². The number of methoxy groups -OCH3 is 1. The molecular weight excluding hydrogens is 286 g/mol. The lowest BCUT2D eigenvalue weighted by molar-refractivity contribution is 0.0562. The molecule has 2 heterocycles. The molecule has 118 valence electrons. The topological polar surface area (TPSA) is 31.4 Å². The standard InChI is InChI=1S/C20H21NO2/c1-22-14-7-8-15-17(11-14)23-20(16-4-2-3-9-21-16)19-13-6-5-12(10-13)18(15)19/h2-4,7-9,11-13,18-20H,5-6,10H2,1H3/t12-,13+,18-,19-,20-/m1/s1. The van der Waals surface area contributed by atoms with Crippen molar-refractivity contribution in [2.45, 2.75) is 31.3 Å². The first-order valence-corrected chi connectivity index (χ1v) is 8.60. The van der Waals surface area contributed by atoms with E-state index in [4.69, 9.17) is 9.47 Å². The molecule has 23 heavy (non-hydrogen) atoms. The second-order valence-corrected chi connectivity index (χ2v) is 7.13. The van der Waals surface area contributed by atoms with Crippen LogP contribution in [-0.2, 0) is 0 Å². The Balaban J connectivity index is 1.64. The van der Waals surface area contributed by atoms with E-state index in [1.165, 1.54) is 24.8 Å². The van der Waals surface area contributed by atoms with Gasteiger partial charge in [0, 0.05) is 18.2 Å². The summed E-state index contributed by atoms with van der Waals surface area (Å²) in [5.74, 6) is 4.65. The normalized spacial score (nSPS) is 33.7. The largest absolute Gasteiger partial charge is 0.497 e. The molecule has 0 unspecified atom stereocenters. The van der Waals surface area contributed by atoms with Crippen molar-refractivity contribution in [3.05, 3.63) is 53.9 Å². The van der Waals surface area contributed by atoms with E-state index in [0.717, 1.165) is 29.0 Å². The lowest BCUT2D eigenvalue weighted by Crippen LogP contribution is -2.34. The van der Waals surface area contributed by atoms with Gasteiger partial charge in [-0.25, -0.2) is 0 Å². The fourth-order valence-electron chi connectivity index (χ4n) is 5.27. The van der Waals surface area contributed by atoms with Crippen LogP contribution in [0.1, 0.15) is 42.5 Å². The number of ether oxygens (including phenoxy) is 2. The van der Waals surface area contributed by atoms with E-state index in [0.29, 0.717) is 11.8 Å². The maximum Gasteiger partial charge on any atom is 0.144 e. The molecule has 1 aliphatic heterocycles. The van der Waals surface area contributed by atoms with Crippen LogP contribution in [0.4, 0.5) is 0 Å². The molecule has 2 aromatic rings. The van der Waals surface area contributed by atoms with E-state index in [-0.39, 0.29) is 6.10 Å². The van der Waals surface area contributed by atoms with Crippen molar-refractivity contribution >= 4 is 0 Å². The van der Waals surface area contributed by atoms with Gasteiger partial charge in [-0.05, 0) is 60.8 Å². The van der Waals surface area contributed by atoms with Gasteiger partial charge in [0.05, 0.1) is 12.8 Å². The summed E-state index contributed by atoms with van der Waals surface area (Å²) in [6.45, 7) is 0. The van der Waals surface area contributed by atoms with Crippen molar-refractivity contribution in [1.29, 1.82) is 0 Å². The highest BCUT2D eigenvalue weighted by molar-refractivity contribution is 5.46. The lowest BCUT2D eigenvalue weighted by Gasteiger charge is -2.42. The highest BCUT2D eigenvalue weighted by Crippen LogP contribution is 2.64. The fourth-order valence-corrected chi connectivity index (χ4v) is 5.27. The summed E-state index contributed by atoms with van der Waals surface area (Å²) in [6.07, 6.45) is 6.03. The molecule has 0 saturated heterocycles. The number of benzene rings is 1. The average Bonchev–Trinajstić information content (AvgIpc) is 3.23. The van der Waals surface area contributed by atoms with Crippen molar-refractivity contribution in [2.75, 3.05) is 7.11 Å². The molecule has 2 saturated carbocycles. The molecule has 3 nitrogen and oxygen atoms in total. The molecule has 0 radical (unpaired) electrons.